The van der Waals surface area contributed by atoms with Gasteiger partial charge < -0.3 is 10.6 Å². The first kappa shape index (κ1) is 26.4. The summed E-state index contributed by atoms with van der Waals surface area (Å²) in [6.45, 7) is 1.90. The molecule has 0 spiro atoms. The van der Waals surface area contributed by atoms with E-state index in [1.807, 2.05) is 43.3 Å². The zero-order valence-electron chi connectivity index (χ0n) is 20.6. The Morgan fingerprint density at radius 2 is 1.39 bits per heavy atom. The first-order valence-electron chi connectivity index (χ1n) is 12.2. The van der Waals surface area contributed by atoms with E-state index in [0.717, 1.165) is 47.1 Å². The topological polar surface area (TPSA) is 136 Å². The zero-order valence-corrected chi connectivity index (χ0v) is 23.8. The van der Waals surface area contributed by atoms with Gasteiger partial charge in [0.25, 0.3) is 0 Å². The van der Waals surface area contributed by atoms with Gasteiger partial charge >= 0.3 is 0 Å². The van der Waals surface area contributed by atoms with Crippen molar-refractivity contribution in [1.82, 2.24) is 30.4 Å². The molecular weight excluding hydrogens is 588 g/mol. The lowest BCUT2D eigenvalue weighted by Crippen LogP contribution is -2.15. The van der Waals surface area contributed by atoms with Gasteiger partial charge in [0.1, 0.15) is 14.6 Å². The Bertz CT molecular complexity index is 1340. The molecule has 196 valence electrons. The molecule has 1 aliphatic rings. The normalized spacial score (nSPS) is 17.2. The van der Waals surface area contributed by atoms with Crippen molar-refractivity contribution in [3.63, 3.8) is 0 Å². The summed E-state index contributed by atoms with van der Waals surface area (Å²) in [5.41, 5.74) is 2.28. The Labute approximate surface area is 235 Å². The van der Waals surface area contributed by atoms with Crippen LogP contribution in [-0.2, 0) is 22.4 Å². The summed E-state index contributed by atoms with van der Waals surface area (Å²) in [7, 11) is 0. The van der Waals surface area contributed by atoms with E-state index in [-0.39, 0.29) is 36.5 Å². The predicted molar refractivity (Wildman–Crippen MR) is 149 cm³/mol. The number of amides is 2. The van der Waals surface area contributed by atoms with Crippen LogP contribution >= 0.6 is 38.6 Å². The van der Waals surface area contributed by atoms with Gasteiger partial charge in [0, 0.05) is 23.2 Å². The summed E-state index contributed by atoms with van der Waals surface area (Å²) >= 11 is 6.16. The van der Waals surface area contributed by atoms with Gasteiger partial charge in [-0.25, -0.2) is 4.98 Å². The van der Waals surface area contributed by atoms with Crippen molar-refractivity contribution >= 4 is 60.7 Å². The molecule has 0 aromatic carbocycles. The maximum absolute atomic E-state index is 12.5. The number of carbonyl (C=O) groups excluding carboxylic acids is 2. The quantitative estimate of drug-likeness (QED) is 0.264. The van der Waals surface area contributed by atoms with E-state index in [1.54, 1.807) is 0 Å². The number of nitrogens with zero attached hydrogens (tertiary/aromatic N) is 6. The average Bonchev–Trinajstić information content (AvgIpc) is 3.54. The van der Waals surface area contributed by atoms with Gasteiger partial charge in [0.05, 0.1) is 18.5 Å². The molecule has 0 aliphatic heterocycles. The molecule has 1 fully saturated rings. The number of pyridine rings is 2. The highest BCUT2D eigenvalue weighted by molar-refractivity contribution is 9.10. The second kappa shape index (κ2) is 12.1. The van der Waals surface area contributed by atoms with E-state index in [1.165, 1.54) is 22.7 Å². The summed E-state index contributed by atoms with van der Waals surface area (Å²) in [5.74, 6) is 0.130. The molecule has 2 amide bonds. The van der Waals surface area contributed by atoms with Crippen LogP contribution in [0.15, 0.2) is 41.0 Å². The standard InChI is InChI=1S/C25H25BrN8O2S2/c1-14-5-2-8-17(27-14)12-20(35)29-24-33-31-22(37-24)15-6-3-7-16(11-15)23-32-34-25(38-23)30-21(36)13-18-9-4-10-19(26)28-18/h2,4-5,8-10,15-16H,3,6-7,11-13H2,1H3,(H,29,33,35)(H,30,34,36)/t15-,16-/m0/s1. The molecule has 4 aromatic rings. The Morgan fingerprint density at radius 3 is 1.95 bits per heavy atom. The van der Waals surface area contributed by atoms with Crippen molar-refractivity contribution in [3.8, 4) is 0 Å². The lowest BCUT2D eigenvalue weighted by Gasteiger charge is -2.25. The van der Waals surface area contributed by atoms with Gasteiger partial charge in [-0.2, -0.15) is 0 Å². The summed E-state index contributed by atoms with van der Waals surface area (Å²) in [5, 5.41) is 25.6. The summed E-state index contributed by atoms with van der Waals surface area (Å²) in [4.78, 5) is 33.6. The average molecular weight is 614 g/mol. The molecule has 13 heteroatoms. The highest BCUT2D eigenvalue weighted by Crippen LogP contribution is 2.43. The number of aromatic nitrogens is 6. The minimum Gasteiger partial charge on any atom is -0.300 e. The van der Waals surface area contributed by atoms with Crippen LogP contribution in [0, 0.1) is 6.92 Å². The number of halogens is 1. The molecule has 2 atom stereocenters. The number of anilines is 2. The number of rotatable bonds is 8. The lowest BCUT2D eigenvalue weighted by atomic mass is 9.82. The lowest BCUT2D eigenvalue weighted by molar-refractivity contribution is -0.116. The molecule has 5 rings (SSSR count). The van der Waals surface area contributed by atoms with Crippen molar-refractivity contribution in [2.75, 3.05) is 10.6 Å². The van der Waals surface area contributed by atoms with Crippen LogP contribution in [-0.4, -0.2) is 42.2 Å². The van der Waals surface area contributed by atoms with Gasteiger partial charge in [0.2, 0.25) is 22.1 Å². The third-order valence-electron chi connectivity index (χ3n) is 6.15. The maximum atomic E-state index is 12.5. The number of nitrogens with one attached hydrogen (secondary N) is 2. The fraction of sp³-hybridized carbons (Fsp3) is 0.360. The van der Waals surface area contributed by atoms with Crippen LogP contribution in [0.5, 0.6) is 0 Å². The third-order valence-corrected chi connectivity index (χ3v) is 8.59. The Balaban J connectivity index is 1.15. The fourth-order valence-electron chi connectivity index (χ4n) is 4.44. The molecule has 0 unspecified atom stereocenters. The number of hydrogen-bond donors (Lipinski definition) is 2. The van der Waals surface area contributed by atoms with Crippen molar-refractivity contribution in [3.05, 3.63) is 68.1 Å². The van der Waals surface area contributed by atoms with Gasteiger partial charge in [-0.05, 0) is 66.4 Å². The van der Waals surface area contributed by atoms with E-state index in [0.29, 0.717) is 20.6 Å². The van der Waals surface area contributed by atoms with E-state index in [9.17, 15) is 9.59 Å². The SMILES string of the molecule is Cc1cccc(CC(=O)Nc2nnc([C@H]3CCC[C@H](c4nnc(NC(=O)Cc5cccc(Br)n5)s4)C3)s2)n1. The van der Waals surface area contributed by atoms with Gasteiger partial charge in [0.15, 0.2) is 0 Å². The molecule has 0 bridgehead atoms. The minimum atomic E-state index is -0.179. The molecule has 4 heterocycles. The van der Waals surface area contributed by atoms with E-state index in [4.69, 9.17) is 0 Å². The van der Waals surface area contributed by atoms with Crippen LogP contribution in [0.25, 0.3) is 0 Å². The molecule has 38 heavy (non-hydrogen) atoms. The second-order valence-corrected chi connectivity index (χ2v) is 12.0. The first-order chi connectivity index (χ1) is 18.4. The minimum absolute atomic E-state index is 0.161. The van der Waals surface area contributed by atoms with E-state index in [2.05, 4.69) is 56.9 Å². The first-order valence-corrected chi connectivity index (χ1v) is 14.6. The van der Waals surface area contributed by atoms with Gasteiger partial charge in [-0.1, -0.05) is 41.2 Å². The molecule has 0 saturated heterocycles. The highest BCUT2D eigenvalue weighted by atomic mass is 79.9. The highest BCUT2D eigenvalue weighted by Gasteiger charge is 2.29. The Kier molecular flexibility index (Phi) is 8.45. The molecular formula is C25H25BrN8O2S2. The van der Waals surface area contributed by atoms with Crippen LogP contribution in [0.1, 0.15) is 64.6 Å². The van der Waals surface area contributed by atoms with Crippen molar-refractivity contribution in [2.24, 2.45) is 0 Å². The van der Waals surface area contributed by atoms with E-state index < -0.39 is 0 Å². The summed E-state index contributed by atoms with van der Waals surface area (Å²) in [6, 6.07) is 11.1. The van der Waals surface area contributed by atoms with Crippen molar-refractivity contribution in [2.45, 2.75) is 57.3 Å². The van der Waals surface area contributed by atoms with Crippen molar-refractivity contribution in [1.29, 1.82) is 0 Å². The molecule has 1 aliphatic carbocycles. The fourth-order valence-corrected chi connectivity index (χ4v) is 6.64. The number of carbonyl (C=O) groups is 2. The summed E-state index contributed by atoms with van der Waals surface area (Å²) < 4.78 is 0.692. The zero-order chi connectivity index (χ0) is 26.5. The van der Waals surface area contributed by atoms with Crippen LogP contribution < -0.4 is 10.6 Å². The second-order valence-electron chi connectivity index (χ2n) is 9.12. The maximum Gasteiger partial charge on any atom is 0.232 e. The van der Waals surface area contributed by atoms with Crippen LogP contribution in [0.3, 0.4) is 0 Å². The monoisotopic (exact) mass is 612 g/mol. The van der Waals surface area contributed by atoms with Gasteiger partial charge in [-0.15, -0.1) is 20.4 Å². The molecule has 4 aromatic heterocycles. The van der Waals surface area contributed by atoms with Crippen LogP contribution in [0.4, 0.5) is 10.3 Å². The molecule has 1 saturated carbocycles. The number of hydrogen-bond acceptors (Lipinski definition) is 10. The molecule has 0 radical (unpaired) electrons. The van der Waals surface area contributed by atoms with Crippen LogP contribution in [0.2, 0.25) is 0 Å². The predicted octanol–water partition coefficient (Wildman–Crippen LogP) is 5.05. The Hall–Kier alpha value is -3.16. The number of aryl methyl sites for hydroxylation is 1. The van der Waals surface area contributed by atoms with E-state index >= 15 is 0 Å². The smallest absolute Gasteiger partial charge is 0.232 e. The third kappa shape index (κ3) is 7.03. The largest absolute Gasteiger partial charge is 0.300 e. The van der Waals surface area contributed by atoms with Crippen molar-refractivity contribution < 1.29 is 9.59 Å². The summed E-state index contributed by atoms with van der Waals surface area (Å²) in [6.07, 6.45) is 4.28. The van der Waals surface area contributed by atoms with Gasteiger partial charge in [-0.3, -0.25) is 14.6 Å². The Morgan fingerprint density at radius 1 is 0.842 bits per heavy atom. The molecule has 2 N–H and O–H groups in total. The molecule has 10 nitrogen and oxygen atoms in total.